The van der Waals surface area contributed by atoms with Gasteiger partial charge in [0.2, 0.25) is 0 Å². The minimum absolute atomic E-state index is 0.0360. The summed E-state index contributed by atoms with van der Waals surface area (Å²) in [4.78, 5) is 5.41. The Morgan fingerprint density at radius 3 is 2.76 bits per heavy atom. The molecule has 0 aromatic heterocycles. The van der Waals surface area contributed by atoms with Gasteiger partial charge in [-0.2, -0.15) is 0 Å². The molecule has 34 heavy (non-hydrogen) atoms. The summed E-state index contributed by atoms with van der Waals surface area (Å²) in [7, 11) is 0. The zero-order valence-electron chi connectivity index (χ0n) is 20.6. The molecule has 1 N–H and O–H groups in total. The van der Waals surface area contributed by atoms with E-state index in [0.717, 1.165) is 89.6 Å². The zero-order chi connectivity index (χ0) is 22.9. The maximum absolute atomic E-state index is 11.0. The van der Waals surface area contributed by atoms with Crippen LogP contribution >= 0.6 is 0 Å². The lowest BCUT2D eigenvalue weighted by Gasteiger charge is -2.66. The Bertz CT molecular complexity index is 945. The zero-order valence-corrected chi connectivity index (χ0v) is 20.6. The molecular formula is C28H40N2O4. The number of unbranched alkanes of at least 4 members (excludes halogenated alkanes) is 1. The van der Waals surface area contributed by atoms with Crippen molar-refractivity contribution in [2.45, 2.75) is 87.5 Å². The molecule has 4 fully saturated rings. The minimum atomic E-state index is -0.227. The highest BCUT2D eigenvalue weighted by molar-refractivity contribution is 5.62. The van der Waals surface area contributed by atoms with Crippen LogP contribution in [0.1, 0.15) is 63.0 Å². The number of ether oxygens (including phenoxy) is 3. The largest absolute Gasteiger partial charge is 0.504 e. The van der Waals surface area contributed by atoms with E-state index in [1.165, 1.54) is 30.5 Å². The third-order valence-corrected chi connectivity index (χ3v) is 10.1. The first kappa shape index (κ1) is 21.9. The Kier molecular flexibility index (Phi) is 5.21. The van der Waals surface area contributed by atoms with E-state index in [2.05, 4.69) is 22.8 Å². The fourth-order valence-electron chi connectivity index (χ4n) is 8.40. The van der Waals surface area contributed by atoms with E-state index in [0.29, 0.717) is 17.8 Å². The molecule has 186 valence electrons. The predicted molar refractivity (Wildman–Crippen MR) is 130 cm³/mol. The highest BCUT2D eigenvalue weighted by Crippen LogP contribution is 2.67. The summed E-state index contributed by atoms with van der Waals surface area (Å²) >= 11 is 0. The number of nitrogens with zero attached hydrogens (tertiary/aromatic N) is 2. The number of likely N-dealkylation sites (tertiary alicyclic amines) is 1. The van der Waals surface area contributed by atoms with Gasteiger partial charge in [0.05, 0.1) is 24.2 Å². The lowest BCUT2D eigenvalue weighted by atomic mass is 9.48. The van der Waals surface area contributed by atoms with Crippen molar-refractivity contribution in [2.75, 3.05) is 46.0 Å². The van der Waals surface area contributed by atoms with Crippen LogP contribution in [0.2, 0.25) is 0 Å². The summed E-state index contributed by atoms with van der Waals surface area (Å²) in [5.41, 5.74) is 2.29. The Balaban J connectivity index is 1.37. The van der Waals surface area contributed by atoms with Crippen LogP contribution in [-0.2, 0) is 21.3 Å². The Morgan fingerprint density at radius 1 is 1.12 bits per heavy atom. The van der Waals surface area contributed by atoms with Crippen LogP contribution in [0.15, 0.2) is 12.1 Å². The van der Waals surface area contributed by atoms with E-state index in [4.69, 9.17) is 14.2 Å². The molecule has 3 aliphatic carbocycles. The van der Waals surface area contributed by atoms with Gasteiger partial charge in [-0.25, -0.2) is 0 Å². The van der Waals surface area contributed by atoms with Gasteiger partial charge in [0, 0.05) is 43.9 Å². The first-order chi connectivity index (χ1) is 16.7. The van der Waals surface area contributed by atoms with E-state index in [-0.39, 0.29) is 17.1 Å². The molecule has 2 bridgehead atoms. The molecule has 6 heteroatoms. The summed E-state index contributed by atoms with van der Waals surface area (Å²) in [6, 6.07) is 4.81. The van der Waals surface area contributed by atoms with Crippen LogP contribution in [0.25, 0.3) is 0 Å². The summed E-state index contributed by atoms with van der Waals surface area (Å²) in [6.07, 6.45) is 9.32. The van der Waals surface area contributed by atoms with Crippen molar-refractivity contribution < 1.29 is 19.3 Å². The van der Waals surface area contributed by atoms with Crippen molar-refractivity contribution in [3.8, 4) is 11.5 Å². The first-order valence-corrected chi connectivity index (χ1v) is 13.9. The topological polar surface area (TPSA) is 54.4 Å². The standard InChI is InChI=1S/C28H40N2O4/c1-2-3-14-33-28-9-8-21(29-12-15-32-16-13-29)26-27(28)10-11-30(18-19-4-5-19)23(28)17-20-6-7-22(31)25(34-26)24(20)27/h6-7,19,21,23,26,31H,2-5,8-18H2,1H3/t21?,23-,26+,27+,28?/m1/s1. The number of benzene rings is 1. The molecule has 5 atom stereocenters. The summed E-state index contributed by atoms with van der Waals surface area (Å²) in [5.74, 6) is 1.95. The van der Waals surface area contributed by atoms with Gasteiger partial charge in [0.25, 0.3) is 0 Å². The van der Waals surface area contributed by atoms with Crippen molar-refractivity contribution in [1.82, 2.24) is 9.80 Å². The van der Waals surface area contributed by atoms with Gasteiger partial charge in [0.15, 0.2) is 11.5 Å². The molecule has 2 saturated carbocycles. The van der Waals surface area contributed by atoms with Gasteiger partial charge in [-0.1, -0.05) is 19.4 Å². The molecule has 1 spiro atoms. The lowest BCUT2D eigenvalue weighted by molar-refractivity contribution is -0.229. The van der Waals surface area contributed by atoms with E-state index >= 15 is 0 Å². The first-order valence-electron chi connectivity index (χ1n) is 13.9. The number of hydrogen-bond acceptors (Lipinski definition) is 6. The monoisotopic (exact) mass is 468 g/mol. The summed E-state index contributed by atoms with van der Waals surface area (Å²) < 4.78 is 19.8. The number of piperidine rings is 1. The number of hydrogen-bond donors (Lipinski definition) is 1. The van der Waals surface area contributed by atoms with Gasteiger partial charge in [0.1, 0.15) is 6.10 Å². The van der Waals surface area contributed by atoms with Crippen molar-refractivity contribution in [2.24, 2.45) is 5.92 Å². The second-order valence-electron chi connectivity index (χ2n) is 11.7. The maximum Gasteiger partial charge on any atom is 0.165 e. The number of phenolic OH excluding ortho intramolecular Hbond substituents is 1. The molecule has 0 amide bonds. The Labute approximate surface area is 203 Å². The molecule has 2 saturated heterocycles. The Morgan fingerprint density at radius 2 is 1.97 bits per heavy atom. The molecule has 1 aromatic rings. The summed E-state index contributed by atoms with van der Waals surface area (Å²) in [5, 5.41) is 11.0. The average Bonchev–Trinajstić information content (AvgIpc) is 3.60. The predicted octanol–water partition coefficient (Wildman–Crippen LogP) is 3.48. The molecule has 1 aromatic carbocycles. The van der Waals surface area contributed by atoms with Crippen LogP contribution in [0.5, 0.6) is 11.5 Å². The molecule has 3 heterocycles. The second kappa shape index (κ2) is 8.09. The fourth-order valence-corrected chi connectivity index (χ4v) is 8.40. The molecule has 0 radical (unpaired) electrons. The normalized spacial score (nSPS) is 39.0. The van der Waals surface area contributed by atoms with Crippen LogP contribution in [-0.4, -0.2) is 84.7 Å². The number of aromatic hydroxyl groups is 1. The van der Waals surface area contributed by atoms with Crippen molar-refractivity contribution in [3.63, 3.8) is 0 Å². The third kappa shape index (κ3) is 2.95. The van der Waals surface area contributed by atoms with E-state index in [1.807, 2.05) is 6.07 Å². The molecular weight excluding hydrogens is 428 g/mol. The molecule has 7 rings (SSSR count). The van der Waals surface area contributed by atoms with Crippen molar-refractivity contribution in [1.29, 1.82) is 0 Å². The van der Waals surface area contributed by atoms with E-state index in [1.54, 1.807) is 0 Å². The smallest absolute Gasteiger partial charge is 0.165 e. The molecule has 3 aliphatic heterocycles. The van der Waals surface area contributed by atoms with Crippen molar-refractivity contribution in [3.05, 3.63) is 23.3 Å². The van der Waals surface area contributed by atoms with Gasteiger partial charge in [-0.05, 0) is 69.0 Å². The van der Waals surface area contributed by atoms with E-state index < -0.39 is 0 Å². The number of rotatable bonds is 7. The van der Waals surface area contributed by atoms with Crippen LogP contribution in [0.4, 0.5) is 0 Å². The number of morpholine rings is 1. The second-order valence-corrected chi connectivity index (χ2v) is 11.7. The summed E-state index contributed by atoms with van der Waals surface area (Å²) in [6.45, 7) is 8.95. The van der Waals surface area contributed by atoms with Gasteiger partial charge in [-0.3, -0.25) is 9.80 Å². The minimum Gasteiger partial charge on any atom is -0.504 e. The van der Waals surface area contributed by atoms with Gasteiger partial charge in [-0.15, -0.1) is 0 Å². The maximum atomic E-state index is 11.0. The highest BCUT2D eigenvalue weighted by atomic mass is 16.5. The molecule has 6 aliphatic rings. The SMILES string of the molecule is CCCCOC12CCC(N3CCOCC3)[C@@H]3Oc4c(O)ccc5c4[C@@]31CCN(CC1CC1)[C@@H]2C5. The molecule has 2 unspecified atom stereocenters. The third-order valence-electron chi connectivity index (χ3n) is 10.1. The molecule has 6 nitrogen and oxygen atoms in total. The van der Waals surface area contributed by atoms with E-state index in [9.17, 15) is 5.11 Å². The van der Waals surface area contributed by atoms with Crippen molar-refractivity contribution >= 4 is 0 Å². The van der Waals surface area contributed by atoms with Crippen LogP contribution < -0.4 is 4.74 Å². The quantitative estimate of drug-likeness (QED) is 0.619. The average molecular weight is 469 g/mol. The fraction of sp³-hybridized carbons (Fsp3) is 0.786. The van der Waals surface area contributed by atoms with Gasteiger partial charge < -0.3 is 19.3 Å². The highest BCUT2D eigenvalue weighted by Gasteiger charge is 2.74. The van der Waals surface area contributed by atoms with Crippen LogP contribution in [0, 0.1) is 5.92 Å². The van der Waals surface area contributed by atoms with Gasteiger partial charge >= 0.3 is 0 Å². The lowest BCUT2D eigenvalue weighted by Crippen LogP contribution is -2.79. The number of phenols is 1. The van der Waals surface area contributed by atoms with Crippen LogP contribution in [0.3, 0.4) is 0 Å². The Hall–Kier alpha value is -1.34.